The van der Waals surface area contributed by atoms with E-state index in [-0.39, 0.29) is 35.7 Å². The molecule has 31 heavy (non-hydrogen) atoms. The maximum absolute atomic E-state index is 13.0. The molecule has 166 valence electrons. The zero-order chi connectivity index (χ0) is 21.9. The van der Waals surface area contributed by atoms with Crippen molar-refractivity contribution in [3.05, 3.63) is 29.8 Å². The average molecular weight is 424 g/mol. The summed E-state index contributed by atoms with van der Waals surface area (Å²) in [4.78, 5) is 40.2. The van der Waals surface area contributed by atoms with Gasteiger partial charge in [-0.05, 0) is 86.0 Å². The third-order valence-corrected chi connectivity index (χ3v) is 8.51. The van der Waals surface area contributed by atoms with Gasteiger partial charge in [0.15, 0.2) is 0 Å². The number of carbonyl (C=O) groups excluding carboxylic acids is 3. The number of hydrogen-bond donors (Lipinski definition) is 0. The summed E-state index contributed by atoms with van der Waals surface area (Å²) >= 11 is 0. The zero-order valence-electron chi connectivity index (χ0n) is 18.8. The quantitative estimate of drug-likeness (QED) is 0.513. The van der Waals surface area contributed by atoms with Crippen molar-refractivity contribution in [3.8, 4) is 0 Å². The number of fused-ring (bicyclic) bond motifs is 5. The van der Waals surface area contributed by atoms with Crippen LogP contribution in [0.1, 0.15) is 69.7 Å². The molecule has 7 atom stereocenters. The highest BCUT2D eigenvalue weighted by molar-refractivity contribution is 6.22. The van der Waals surface area contributed by atoms with E-state index in [2.05, 4.69) is 20.8 Å². The molecule has 5 nitrogen and oxygen atoms in total. The van der Waals surface area contributed by atoms with Crippen molar-refractivity contribution in [1.29, 1.82) is 0 Å². The first-order valence-electron chi connectivity index (χ1n) is 12.0. The zero-order valence-corrected chi connectivity index (χ0v) is 18.8. The molecule has 0 spiro atoms. The monoisotopic (exact) mass is 423 g/mol. The number of amides is 2. The van der Waals surface area contributed by atoms with Gasteiger partial charge in [0.25, 0.3) is 0 Å². The Bertz CT molecular complexity index is 863. The minimum Gasteiger partial charge on any atom is -0.458 e. The maximum Gasteiger partial charge on any atom is 0.338 e. The molecule has 0 unspecified atom stereocenters. The molecule has 3 aliphatic carbocycles. The van der Waals surface area contributed by atoms with Crippen LogP contribution in [0.15, 0.2) is 24.3 Å². The Kier molecular flexibility index (Phi) is 5.18. The second kappa shape index (κ2) is 7.75. The van der Waals surface area contributed by atoms with Gasteiger partial charge < -0.3 is 4.74 Å². The van der Waals surface area contributed by atoms with Crippen LogP contribution in [0.5, 0.6) is 0 Å². The molecule has 0 aromatic heterocycles. The van der Waals surface area contributed by atoms with E-state index in [1.165, 1.54) is 11.3 Å². The van der Waals surface area contributed by atoms with Gasteiger partial charge in [-0.15, -0.1) is 0 Å². The second-order valence-electron chi connectivity index (χ2n) is 10.7. The second-order valence-corrected chi connectivity index (χ2v) is 10.7. The SMILES string of the molecule is CC(C)[C@@H]1CC[C@@H](C)C[C@H]1OC(=O)c1ccc(N2C(=O)[C@@H]3[C@H]4CC[C@@H](C4)[C@@H]3C2=O)cc1. The molecule has 0 N–H and O–H groups in total. The fraction of sp³-hybridized carbons (Fsp3) is 0.654. The first kappa shape index (κ1) is 20.7. The molecular formula is C26H33NO4. The van der Waals surface area contributed by atoms with Crippen molar-refractivity contribution in [1.82, 2.24) is 0 Å². The molecule has 2 bridgehead atoms. The Labute approximate surface area is 184 Å². The maximum atomic E-state index is 13.0. The highest BCUT2D eigenvalue weighted by Crippen LogP contribution is 2.56. The normalized spacial score (nSPS) is 36.9. The Hall–Kier alpha value is -2.17. The van der Waals surface area contributed by atoms with Crippen molar-refractivity contribution < 1.29 is 19.1 Å². The van der Waals surface area contributed by atoms with Gasteiger partial charge in [-0.2, -0.15) is 0 Å². The Morgan fingerprint density at radius 3 is 2.13 bits per heavy atom. The number of ether oxygens (including phenoxy) is 1. The third kappa shape index (κ3) is 3.41. The third-order valence-electron chi connectivity index (χ3n) is 8.51. The summed E-state index contributed by atoms with van der Waals surface area (Å²) in [7, 11) is 0. The van der Waals surface area contributed by atoms with Crippen LogP contribution >= 0.6 is 0 Å². The van der Waals surface area contributed by atoms with E-state index in [1.807, 2.05) is 0 Å². The first-order chi connectivity index (χ1) is 14.8. The van der Waals surface area contributed by atoms with Crippen LogP contribution in [0.2, 0.25) is 0 Å². The van der Waals surface area contributed by atoms with Gasteiger partial charge in [0.1, 0.15) is 6.10 Å². The summed E-state index contributed by atoms with van der Waals surface area (Å²) in [5.74, 6) is 1.53. The lowest BCUT2D eigenvalue weighted by atomic mass is 9.75. The molecule has 1 heterocycles. The van der Waals surface area contributed by atoms with Crippen LogP contribution in [0.3, 0.4) is 0 Å². The van der Waals surface area contributed by atoms with Crippen molar-refractivity contribution in [3.63, 3.8) is 0 Å². The first-order valence-corrected chi connectivity index (χ1v) is 12.0. The van der Waals surface area contributed by atoms with Crippen LogP contribution in [0.25, 0.3) is 0 Å². The van der Waals surface area contributed by atoms with Crippen LogP contribution < -0.4 is 4.90 Å². The van der Waals surface area contributed by atoms with E-state index in [1.54, 1.807) is 24.3 Å². The molecular weight excluding hydrogens is 390 g/mol. The number of carbonyl (C=O) groups is 3. The highest BCUT2D eigenvalue weighted by Gasteiger charge is 2.61. The van der Waals surface area contributed by atoms with Crippen molar-refractivity contribution in [2.75, 3.05) is 4.90 Å². The molecule has 4 aliphatic rings. The van der Waals surface area contributed by atoms with Crippen molar-refractivity contribution in [2.24, 2.45) is 41.4 Å². The summed E-state index contributed by atoms with van der Waals surface area (Å²) in [5.41, 5.74) is 1.05. The molecule has 5 rings (SSSR count). The smallest absolute Gasteiger partial charge is 0.338 e. The summed E-state index contributed by atoms with van der Waals surface area (Å²) in [6.07, 6.45) is 6.32. The largest absolute Gasteiger partial charge is 0.458 e. The van der Waals surface area contributed by atoms with Crippen LogP contribution in [-0.4, -0.2) is 23.9 Å². The minimum absolute atomic E-state index is 0.0477. The predicted octanol–water partition coefficient (Wildman–Crippen LogP) is 4.84. The predicted molar refractivity (Wildman–Crippen MR) is 117 cm³/mol. The standard InChI is InChI=1S/C26H33NO4/c1-14(2)20-11-4-15(3)12-21(20)31-26(30)16-7-9-19(10-8-16)27-24(28)22-17-5-6-18(13-17)23(22)25(27)29/h7-10,14-15,17-18,20-23H,4-6,11-13H2,1-3H3/t15-,17+,18+,20+,21-,22-,23+/m1/s1. The lowest BCUT2D eigenvalue weighted by Gasteiger charge is -2.36. The van der Waals surface area contributed by atoms with E-state index < -0.39 is 0 Å². The molecule has 0 radical (unpaired) electrons. The molecule has 1 aliphatic heterocycles. The lowest BCUT2D eigenvalue weighted by Crippen LogP contribution is -2.36. The lowest BCUT2D eigenvalue weighted by molar-refractivity contribution is -0.123. The number of esters is 1. The summed E-state index contributed by atoms with van der Waals surface area (Å²) < 4.78 is 5.94. The molecule has 3 saturated carbocycles. The van der Waals surface area contributed by atoms with E-state index in [9.17, 15) is 14.4 Å². The Balaban J connectivity index is 1.29. The van der Waals surface area contributed by atoms with Crippen molar-refractivity contribution >= 4 is 23.5 Å². The number of nitrogens with zero attached hydrogens (tertiary/aromatic N) is 1. The van der Waals surface area contributed by atoms with Crippen LogP contribution in [0, 0.1) is 41.4 Å². The van der Waals surface area contributed by atoms with Gasteiger partial charge in [-0.1, -0.05) is 27.2 Å². The van der Waals surface area contributed by atoms with Gasteiger partial charge in [0.05, 0.1) is 23.1 Å². The number of anilines is 1. The number of benzene rings is 1. The molecule has 1 saturated heterocycles. The molecule has 1 aromatic carbocycles. The van der Waals surface area contributed by atoms with E-state index in [0.29, 0.717) is 40.8 Å². The summed E-state index contributed by atoms with van der Waals surface area (Å²) in [6, 6.07) is 6.83. The van der Waals surface area contributed by atoms with Gasteiger partial charge in [0.2, 0.25) is 11.8 Å². The van der Waals surface area contributed by atoms with Gasteiger partial charge >= 0.3 is 5.97 Å². The molecule has 1 aromatic rings. The van der Waals surface area contributed by atoms with Gasteiger partial charge in [-0.25, -0.2) is 4.79 Å². The van der Waals surface area contributed by atoms with Gasteiger partial charge in [-0.3, -0.25) is 14.5 Å². The van der Waals surface area contributed by atoms with Crippen LogP contribution in [0.4, 0.5) is 5.69 Å². The fourth-order valence-corrected chi connectivity index (χ4v) is 6.87. The van der Waals surface area contributed by atoms with E-state index in [0.717, 1.165) is 32.1 Å². The van der Waals surface area contributed by atoms with Crippen molar-refractivity contribution in [2.45, 2.75) is 65.4 Å². The van der Waals surface area contributed by atoms with Gasteiger partial charge in [0, 0.05) is 0 Å². The minimum atomic E-state index is -0.315. The fourth-order valence-electron chi connectivity index (χ4n) is 6.87. The molecule has 2 amide bonds. The Morgan fingerprint density at radius 1 is 0.935 bits per heavy atom. The topological polar surface area (TPSA) is 63.7 Å². The molecule has 5 heteroatoms. The highest BCUT2D eigenvalue weighted by atomic mass is 16.5. The Morgan fingerprint density at radius 2 is 1.55 bits per heavy atom. The number of rotatable bonds is 4. The average Bonchev–Trinajstić information content (AvgIpc) is 3.42. The van der Waals surface area contributed by atoms with E-state index in [4.69, 9.17) is 4.74 Å². The van der Waals surface area contributed by atoms with E-state index >= 15 is 0 Å². The number of hydrogen-bond acceptors (Lipinski definition) is 4. The molecule has 4 fully saturated rings. The summed E-state index contributed by atoms with van der Waals surface area (Å²) in [5, 5.41) is 0. The number of imide groups is 1. The van der Waals surface area contributed by atoms with Crippen LogP contribution in [-0.2, 0) is 14.3 Å². The summed E-state index contributed by atoms with van der Waals surface area (Å²) in [6.45, 7) is 6.61.